The van der Waals surface area contributed by atoms with Crippen molar-refractivity contribution in [3.05, 3.63) is 0 Å². The van der Waals surface area contributed by atoms with Gasteiger partial charge in [-0.15, -0.1) is 0 Å². The lowest BCUT2D eigenvalue weighted by Gasteiger charge is -2.34. The average molecular weight is 219 g/mol. The lowest BCUT2D eigenvalue weighted by atomic mass is 9.80. The first-order chi connectivity index (χ1) is 5.70. The van der Waals surface area contributed by atoms with E-state index in [1.807, 2.05) is 20.8 Å². The van der Waals surface area contributed by atoms with Gasteiger partial charge in [-0.25, -0.2) is 4.31 Å². The van der Waals surface area contributed by atoms with Crippen LogP contribution >= 0.6 is 24.6 Å². The van der Waals surface area contributed by atoms with E-state index in [2.05, 4.69) is 12.8 Å². The van der Waals surface area contributed by atoms with Crippen molar-refractivity contribution in [3.8, 4) is 0 Å². The first-order valence-electron chi connectivity index (χ1n) is 3.96. The Balaban J connectivity index is 3.09. The fourth-order valence-corrected chi connectivity index (χ4v) is 2.41. The van der Waals surface area contributed by atoms with Gasteiger partial charge in [-0.2, -0.15) is 0 Å². The van der Waals surface area contributed by atoms with Gasteiger partial charge < -0.3 is 0 Å². The van der Waals surface area contributed by atoms with E-state index in [0.717, 1.165) is 16.1 Å². The summed E-state index contributed by atoms with van der Waals surface area (Å²) in [5.74, 6) is -0.224. The molecular formula is C8H13NO2S2. The molecule has 5 heteroatoms. The van der Waals surface area contributed by atoms with Crippen LogP contribution in [0.1, 0.15) is 27.7 Å². The number of rotatable bonds is 0. The predicted molar refractivity (Wildman–Crippen MR) is 56.7 cm³/mol. The van der Waals surface area contributed by atoms with Crippen molar-refractivity contribution in [2.45, 2.75) is 32.4 Å². The van der Waals surface area contributed by atoms with Crippen LogP contribution in [0.2, 0.25) is 0 Å². The van der Waals surface area contributed by atoms with Crippen molar-refractivity contribution in [2.24, 2.45) is 5.41 Å². The molecule has 1 atom stereocenters. The Hall–Kier alpha value is -0.160. The molecule has 1 rings (SSSR count). The Bertz CT molecular complexity index is 272. The number of hydrogen-bond acceptors (Lipinski definition) is 4. The number of imide groups is 1. The molecule has 13 heavy (non-hydrogen) atoms. The molecule has 1 heterocycles. The third-order valence-corrected chi connectivity index (χ3v) is 4.55. The Labute approximate surface area is 87.8 Å². The molecule has 0 saturated carbocycles. The van der Waals surface area contributed by atoms with Crippen LogP contribution in [0.4, 0.5) is 4.79 Å². The average Bonchev–Trinajstić information content (AvgIpc) is 2.15. The van der Waals surface area contributed by atoms with Crippen molar-refractivity contribution in [1.29, 1.82) is 0 Å². The van der Waals surface area contributed by atoms with Crippen molar-refractivity contribution in [1.82, 2.24) is 4.31 Å². The Morgan fingerprint density at radius 2 is 1.85 bits per heavy atom. The van der Waals surface area contributed by atoms with Crippen LogP contribution in [0.3, 0.4) is 0 Å². The van der Waals surface area contributed by atoms with Crippen LogP contribution < -0.4 is 0 Å². The first-order valence-corrected chi connectivity index (χ1v) is 5.18. The molecule has 1 aliphatic heterocycles. The van der Waals surface area contributed by atoms with Crippen LogP contribution in [-0.4, -0.2) is 20.2 Å². The van der Waals surface area contributed by atoms with Gasteiger partial charge in [-0.3, -0.25) is 9.59 Å². The van der Waals surface area contributed by atoms with Crippen LogP contribution in [0.5, 0.6) is 0 Å². The normalized spacial score (nSPS) is 30.1. The number of thioether (sulfide) groups is 1. The van der Waals surface area contributed by atoms with E-state index in [-0.39, 0.29) is 16.6 Å². The van der Waals surface area contributed by atoms with Crippen LogP contribution in [0.25, 0.3) is 0 Å². The van der Waals surface area contributed by atoms with Crippen molar-refractivity contribution in [3.63, 3.8) is 0 Å². The summed E-state index contributed by atoms with van der Waals surface area (Å²) in [5.41, 5.74) is -0.248. The smallest absolute Gasteiger partial charge is 0.272 e. The van der Waals surface area contributed by atoms with Gasteiger partial charge in [0.05, 0.1) is 0 Å². The summed E-state index contributed by atoms with van der Waals surface area (Å²) >= 11 is 4.89. The minimum Gasteiger partial charge on any atom is -0.272 e. The Kier molecular flexibility index (Phi) is 2.45. The van der Waals surface area contributed by atoms with Gasteiger partial charge in [0.1, 0.15) is 4.75 Å². The van der Waals surface area contributed by atoms with E-state index >= 15 is 0 Å². The van der Waals surface area contributed by atoms with E-state index in [1.165, 1.54) is 0 Å². The molecule has 74 valence electrons. The van der Waals surface area contributed by atoms with Gasteiger partial charge in [0.25, 0.3) is 11.1 Å². The fourth-order valence-electron chi connectivity index (χ4n) is 1.02. The molecule has 0 aromatic carbocycles. The second-order valence-electron chi connectivity index (χ2n) is 4.27. The second kappa shape index (κ2) is 2.92. The lowest BCUT2D eigenvalue weighted by Crippen LogP contribution is -2.43. The highest BCUT2D eigenvalue weighted by atomic mass is 32.2. The standard InChI is InChI=1S/C8H13NO2S2/c1-7(2,3)8(4)5(10)9(12)6(11)13-8/h12H,1-4H3. The van der Waals surface area contributed by atoms with Gasteiger partial charge >= 0.3 is 0 Å². The zero-order chi connectivity index (χ0) is 10.4. The molecule has 1 fully saturated rings. The van der Waals surface area contributed by atoms with Gasteiger partial charge in [0.2, 0.25) is 0 Å². The van der Waals surface area contributed by atoms with Crippen molar-refractivity contribution in [2.75, 3.05) is 0 Å². The minimum atomic E-state index is -0.689. The van der Waals surface area contributed by atoms with E-state index < -0.39 is 4.75 Å². The van der Waals surface area contributed by atoms with Gasteiger partial charge in [0.15, 0.2) is 0 Å². The maximum atomic E-state index is 11.7. The molecule has 1 saturated heterocycles. The van der Waals surface area contributed by atoms with Crippen molar-refractivity contribution < 1.29 is 9.59 Å². The van der Waals surface area contributed by atoms with E-state index in [4.69, 9.17) is 0 Å². The number of hydrogen-bond donors (Lipinski definition) is 1. The van der Waals surface area contributed by atoms with Gasteiger partial charge in [0, 0.05) is 0 Å². The molecular weight excluding hydrogens is 206 g/mol. The van der Waals surface area contributed by atoms with Crippen molar-refractivity contribution >= 4 is 35.7 Å². The third kappa shape index (κ3) is 1.48. The van der Waals surface area contributed by atoms with Gasteiger partial charge in [-0.05, 0) is 24.1 Å². The quantitative estimate of drug-likeness (QED) is 0.635. The summed E-state index contributed by atoms with van der Waals surface area (Å²) < 4.78 is 0.210. The summed E-state index contributed by atoms with van der Waals surface area (Å²) in [6.07, 6.45) is 0. The maximum absolute atomic E-state index is 11.7. The molecule has 1 unspecified atom stereocenters. The number of nitrogens with zero attached hydrogens (tertiary/aromatic N) is 1. The monoisotopic (exact) mass is 219 g/mol. The molecule has 0 aliphatic carbocycles. The molecule has 0 N–H and O–H groups in total. The minimum absolute atomic E-state index is 0.224. The van der Waals surface area contributed by atoms with E-state index in [0.29, 0.717) is 0 Å². The van der Waals surface area contributed by atoms with E-state index in [1.54, 1.807) is 6.92 Å². The number of carbonyl (C=O) groups excluding carboxylic acids is 2. The third-order valence-electron chi connectivity index (χ3n) is 2.50. The highest BCUT2D eigenvalue weighted by Crippen LogP contribution is 2.49. The summed E-state index contributed by atoms with van der Waals surface area (Å²) in [5, 5.41) is -0.286. The van der Waals surface area contributed by atoms with Crippen LogP contribution in [0, 0.1) is 5.41 Å². The van der Waals surface area contributed by atoms with Crippen LogP contribution in [-0.2, 0) is 4.79 Å². The fraction of sp³-hybridized carbons (Fsp3) is 0.750. The molecule has 1 aliphatic rings. The largest absolute Gasteiger partial charge is 0.299 e. The van der Waals surface area contributed by atoms with E-state index in [9.17, 15) is 9.59 Å². The zero-order valence-corrected chi connectivity index (χ0v) is 9.83. The number of amides is 2. The SMILES string of the molecule is CC(C)(C)C1(C)SC(=O)N(S)C1=O. The second-order valence-corrected chi connectivity index (χ2v) is 6.04. The molecule has 3 nitrogen and oxygen atoms in total. The molecule has 2 amide bonds. The highest BCUT2D eigenvalue weighted by Gasteiger charge is 2.55. The highest BCUT2D eigenvalue weighted by molar-refractivity contribution is 8.17. The maximum Gasteiger partial charge on any atom is 0.299 e. The lowest BCUT2D eigenvalue weighted by molar-refractivity contribution is -0.127. The molecule has 0 aromatic rings. The summed E-state index contributed by atoms with van der Waals surface area (Å²) in [6.45, 7) is 7.61. The molecule has 0 radical (unpaired) electrons. The first kappa shape index (κ1) is 10.9. The molecule has 0 spiro atoms. The summed E-state index contributed by atoms with van der Waals surface area (Å²) in [4.78, 5) is 22.9. The summed E-state index contributed by atoms with van der Waals surface area (Å²) in [7, 11) is 0. The zero-order valence-electron chi connectivity index (χ0n) is 8.12. The molecule has 0 aromatic heterocycles. The van der Waals surface area contributed by atoms with Gasteiger partial charge in [-0.1, -0.05) is 33.6 Å². The predicted octanol–water partition coefficient (Wildman–Crippen LogP) is 2.33. The Morgan fingerprint density at radius 1 is 1.38 bits per heavy atom. The number of carbonyl (C=O) groups is 2. The Morgan fingerprint density at radius 3 is 2.00 bits per heavy atom. The topological polar surface area (TPSA) is 37.4 Å². The number of thiol groups is 1. The molecule has 0 bridgehead atoms. The summed E-state index contributed by atoms with van der Waals surface area (Å²) in [6, 6.07) is 0. The van der Waals surface area contributed by atoms with Crippen LogP contribution in [0.15, 0.2) is 0 Å².